The van der Waals surface area contributed by atoms with Gasteiger partial charge in [-0.25, -0.2) is 0 Å². The van der Waals surface area contributed by atoms with Crippen molar-refractivity contribution in [3.8, 4) is 12.1 Å². The Morgan fingerprint density at radius 3 is 1.49 bits per heavy atom. The van der Waals surface area contributed by atoms with E-state index in [1.54, 1.807) is 12.1 Å². The summed E-state index contributed by atoms with van der Waals surface area (Å²) in [5.74, 6) is 0. The first-order valence-electron chi connectivity index (χ1n) is 12.5. The van der Waals surface area contributed by atoms with Crippen LogP contribution in [0.25, 0.3) is 0 Å². The number of anilines is 4. The second kappa shape index (κ2) is 12.9. The van der Waals surface area contributed by atoms with Crippen LogP contribution in [0.3, 0.4) is 0 Å². The first-order chi connectivity index (χ1) is 17.0. The first kappa shape index (κ1) is 26.2. The summed E-state index contributed by atoms with van der Waals surface area (Å²) in [5, 5.41) is 18.0. The highest BCUT2D eigenvalue weighted by Crippen LogP contribution is 2.28. The van der Waals surface area contributed by atoms with Crippen LogP contribution in [-0.4, -0.2) is 75.2 Å². The van der Waals surface area contributed by atoms with Gasteiger partial charge >= 0.3 is 0 Å². The van der Waals surface area contributed by atoms with E-state index in [9.17, 15) is 0 Å². The van der Waals surface area contributed by atoms with Gasteiger partial charge in [-0.15, -0.1) is 0 Å². The highest BCUT2D eigenvalue weighted by Gasteiger charge is 2.19. The SMILES string of the molecule is CCCN1CCN(c2cccc(C#N)c2N)CC1.CCN1CCN(c2cccc(C#N)c2N)CC1. The fourth-order valence-electron chi connectivity index (χ4n) is 4.69. The van der Waals surface area contributed by atoms with E-state index in [1.807, 2.05) is 24.3 Å². The third kappa shape index (κ3) is 6.57. The summed E-state index contributed by atoms with van der Waals surface area (Å²) in [7, 11) is 0. The van der Waals surface area contributed by atoms with E-state index in [4.69, 9.17) is 22.0 Å². The highest BCUT2D eigenvalue weighted by atomic mass is 15.3. The lowest BCUT2D eigenvalue weighted by molar-refractivity contribution is 0.258. The molecule has 2 aliphatic heterocycles. The predicted molar refractivity (Wildman–Crippen MR) is 144 cm³/mol. The van der Waals surface area contributed by atoms with Gasteiger partial charge in [-0.1, -0.05) is 26.0 Å². The van der Waals surface area contributed by atoms with Crippen LogP contribution in [0.2, 0.25) is 0 Å². The van der Waals surface area contributed by atoms with Crippen LogP contribution in [0.15, 0.2) is 36.4 Å². The lowest BCUT2D eigenvalue weighted by atomic mass is 10.1. The minimum absolute atomic E-state index is 0.570. The summed E-state index contributed by atoms with van der Waals surface area (Å²) in [4.78, 5) is 9.44. The van der Waals surface area contributed by atoms with Crippen LogP contribution in [0.5, 0.6) is 0 Å². The third-order valence-electron chi connectivity index (χ3n) is 6.82. The Balaban J connectivity index is 0.000000196. The summed E-state index contributed by atoms with van der Waals surface area (Å²) < 4.78 is 0. The van der Waals surface area contributed by atoms with Gasteiger partial charge in [0.2, 0.25) is 0 Å². The molecule has 0 bridgehead atoms. The maximum absolute atomic E-state index is 9.00. The van der Waals surface area contributed by atoms with Gasteiger partial charge in [-0.2, -0.15) is 10.5 Å². The largest absolute Gasteiger partial charge is 0.396 e. The van der Waals surface area contributed by atoms with Crippen molar-refractivity contribution in [3.05, 3.63) is 47.5 Å². The zero-order valence-electron chi connectivity index (χ0n) is 21.1. The molecule has 2 aliphatic rings. The fraction of sp³-hybridized carbons (Fsp3) is 0.481. The van der Waals surface area contributed by atoms with Crippen molar-refractivity contribution >= 4 is 22.7 Å². The van der Waals surface area contributed by atoms with Crippen molar-refractivity contribution in [3.63, 3.8) is 0 Å². The molecular formula is C27H38N8. The van der Waals surface area contributed by atoms with Crippen LogP contribution >= 0.6 is 0 Å². The van der Waals surface area contributed by atoms with E-state index >= 15 is 0 Å². The van der Waals surface area contributed by atoms with Crippen molar-refractivity contribution < 1.29 is 0 Å². The topological polar surface area (TPSA) is 113 Å². The van der Waals surface area contributed by atoms with Crippen LogP contribution in [-0.2, 0) is 0 Å². The van der Waals surface area contributed by atoms with Gasteiger partial charge in [0.25, 0.3) is 0 Å². The molecule has 186 valence electrons. The van der Waals surface area contributed by atoms with E-state index in [-0.39, 0.29) is 0 Å². The number of nitrogen functional groups attached to an aromatic ring is 2. The molecule has 0 aliphatic carbocycles. The standard InChI is InChI=1S/C14H20N4.C13H18N4/c1-2-6-17-7-9-18(10-8-17)13-5-3-4-12(11-15)14(13)16;1-2-16-6-8-17(9-7-16)12-5-3-4-11(10-14)13(12)15/h3-5H,2,6-10,16H2,1H3;3-5H,2,6-9,15H2,1H3. The second-order valence-corrected chi connectivity index (χ2v) is 8.95. The van der Waals surface area contributed by atoms with Gasteiger partial charge in [-0.05, 0) is 43.8 Å². The Morgan fingerprint density at radius 2 is 1.11 bits per heavy atom. The second-order valence-electron chi connectivity index (χ2n) is 8.95. The third-order valence-corrected chi connectivity index (χ3v) is 6.82. The van der Waals surface area contributed by atoms with E-state index in [0.717, 1.165) is 70.3 Å². The minimum atomic E-state index is 0.570. The summed E-state index contributed by atoms with van der Waals surface area (Å²) in [5.41, 5.74) is 16.4. The van der Waals surface area contributed by atoms with Crippen LogP contribution in [0.4, 0.5) is 22.7 Å². The van der Waals surface area contributed by atoms with Gasteiger partial charge in [0, 0.05) is 52.4 Å². The zero-order valence-corrected chi connectivity index (χ0v) is 21.1. The molecule has 8 nitrogen and oxygen atoms in total. The zero-order chi connectivity index (χ0) is 25.2. The van der Waals surface area contributed by atoms with Gasteiger partial charge in [0.1, 0.15) is 12.1 Å². The molecule has 0 atom stereocenters. The summed E-state index contributed by atoms with van der Waals surface area (Å²) in [6.07, 6.45) is 1.20. The monoisotopic (exact) mass is 474 g/mol. The lowest BCUT2D eigenvalue weighted by Gasteiger charge is -2.36. The van der Waals surface area contributed by atoms with Crippen LogP contribution in [0.1, 0.15) is 31.4 Å². The molecule has 0 saturated carbocycles. The number of para-hydroxylation sites is 2. The number of nitriles is 2. The molecule has 2 saturated heterocycles. The van der Waals surface area contributed by atoms with Crippen molar-refractivity contribution in [2.75, 3.05) is 86.7 Å². The highest BCUT2D eigenvalue weighted by molar-refractivity contribution is 5.75. The van der Waals surface area contributed by atoms with Crippen molar-refractivity contribution in [2.45, 2.75) is 20.3 Å². The number of nitrogens with two attached hydrogens (primary N) is 2. The Labute approximate surface area is 209 Å². The average Bonchev–Trinajstić information content (AvgIpc) is 2.90. The smallest absolute Gasteiger partial charge is 0.101 e. The molecule has 2 aromatic carbocycles. The Bertz CT molecular complexity index is 1040. The maximum atomic E-state index is 9.00. The quantitative estimate of drug-likeness (QED) is 0.636. The van der Waals surface area contributed by atoms with E-state index < -0.39 is 0 Å². The summed E-state index contributed by atoms with van der Waals surface area (Å²) >= 11 is 0. The van der Waals surface area contributed by atoms with Crippen molar-refractivity contribution in [1.82, 2.24) is 9.80 Å². The first-order valence-corrected chi connectivity index (χ1v) is 12.5. The van der Waals surface area contributed by atoms with Gasteiger partial charge < -0.3 is 26.2 Å². The Morgan fingerprint density at radius 1 is 0.686 bits per heavy atom. The molecule has 0 spiro atoms. The van der Waals surface area contributed by atoms with Gasteiger partial charge in [0.05, 0.1) is 33.9 Å². The number of rotatable bonds is 5. The number of nitrogens with zero attached hydrogens (tertiary/aromatic N) is 6. The number of likely N-dealkylation sites (N-methyl/N-ethyl adjacent to an activating group) is 1. The van der Waals surface area contributed by atoms with Crippen LogP contribution in [0, 0.1) is 22.7 Å². The number of piperazine rings is 2. The minimum Gasteiger partial charge on any atom is -0.396 e. The van der Waals surface area contributed by atoms with E-state index in [1.165, 1.54) is 13.0 Å². The molecule has 2 aromatic rings. The fourth-order valence-corrected chi connectivity index (χ4v) is 4.69. The normalized spacial score (nSPS) is 16.7. The molecule has 0 aromatic heterocycles. The maximum Gasteiger partial charge on any atom is 0.101 e. The molecule has 2 heterocycles. The molecule has 0 unspecified atom stereocenters. The van der Waals surface area contributed by atoms with E-state index in [0.29, 0.717) is 22.5 Å². The predicted octanol–water partition coefficient (Wildman–Crippen LogP) is 2.95. The number of hydrogen-bond acceptors (Lipinski definition) is 8. The number of benzene rings is 2. The van der Waals surface area contributed by atoms with Crippen molar-refractivity contribution in [2.24, 2.45) is 0 Å². The molecule has 35 heavy (non-hydrogen) atoms. The Kier molecular flexibility index (Phi) is 9.60. The molecule has 0 amide bonds. The number of hydrogen-bond donors (Lipinski definition) is 2. The lowest BCUT2D eigenvalue weighted by Crippen LogP contribution is -2.46. The molecule has 8 heteroatoms. The molecule has 2 fully saturated rings. The molecule has 4 N–H and O–H groups in total. The molecule has 4 rings (SSSR count). The van der Waals surface area contributed by atoms with Crippen molar-refractivity contribution in [1.29, 1.82) is 10.5 Å². The summed E-state index contributed by atoms with van der Waals surface area (Å²) in [6, 6.07) is 15.6. The molecule has 0 radical (unpaired) electrons. The molecular weight excluding hydrogens is 436 g/mol. The average molecular weight is 475 g/mol. The van der Waals surface area contributed by atoms with Gasteiger partial charge in [-0.3, -0.25) is 4.90 Å². The van der Waals surface area contributed by atoms with Crippen LogP contribution < -0.4 is 21.3 Å². The van der Waals surface area contributed by atoms with Gasteiger partial charge in [0.15, 0.2) is 0 Å². The summed E-state index contributed by atoms with van der Waals surface area (Å²) in [6.45, 7) is 14.9. The Hall–Kier alpha value is -3.46. The van der Waals surface area contributed by atoms with E-state index in [2.05, 4.69) is 45.6 Å².